The molecule has 0 bridgehead atoms. The minimum absolute atomic E-state index is 0.263. The van der Waals surface area contributed by atoms with Crippen LogP contribution in [0.15, 0.2) is 12.4 Å². The van der Waals surface area contributed by atoms with E-state index in [1.165, 1.54) is 0 Å². The van der Waals surface area contributed by atoms with E-state index >= 15 is 0 Å². The van der Waals surface area contributed by atoms with E-state index in [4.69, 9.17) is 4.74 Å². The average molecular weight is 223 g/mol. The highest BCUT2D eigenvalue weighted by Gasteiger charge is 2.20. The van der Waals surface area contributed by atoms with Crippen LogP contribution in [0.4, 0.5) is 4.79 Å². The topological polar surface area (TPSA) is 47.4 Å². The minimum atomic E-state index is -0.263. The van der Waals surface area contributed by atoms with Gasteiger partial charge in [-0.2, -0.15) is 5.10 Å². The molecule has 2 rings (SSSR count). The molecule has 1 aromatic heterocycles. The average Bonchev–Trinajstić information content (AvgIpc) is 2.87. The Morgan fingerprint density at radius 1 is 1.44 bits per heavy atom. The first kappa shape index (κ1) is 11.0. The van der Waals surface area contributed by atoms with Crippen molar-refractivity contribution in [2.75, 3.05) is 13.1 Å². The van der Waals surface area contributed by atoms with Gasteiger partial charge in [-0.3, -0.25) is 4.68 Å². The molecule has 0 spiro atoms. The van der Waals surface area contributed by atoms with E-state index in [0.717, 1.165) is 25.9 Å². The standard InChI is InChI=1S/C11H17N3O2/c1-9(2)14-8-10(7-12-14)16-11(15)13-5-3-4-6-13/h7-9H,3-6H2,1-2H3. The Morgan fingerprint density at radius 3 is 2.69 bits per heavy atom. The number of hydrogen-bond donors (Lipinski definition) is 0. The van der Waals surface area contributed by atoms with Gasteiger partial charge in [-0.1, -0.05) is 0 Å². The van der Waals surface area contributed by atoms with Crippen LogP contribution in [0.25, 0.3) is 0 Å². The Labute approximate surface area is 95.0 Å². The predicted octanol–water partition coefficient (Wildman–Crippen LogP) is 2.06. The van der Waals surface area contributed by atoms with Crippen molar-refractivity contribution in [2.24, 2.45) is 0 Å². The van der Waals surface area contributed by atoms with Gasteiger partial charge in [-0.25, -0.2) is 4.79 Å². The van der Waals surface area contributed by atoms with Gasteiger partial charge in [-0.15, -0.1) is 0 Å². The first-order valence-corrected chi connectivity index (χ1v) is 5.68. The van der Waals surface area contributed by atoms with E-state index in [1.807, 2.05) is 13.8 Å². The summed E-state index contributed by atoms with van der Waals surface area (Å²) in [5.74, 6) is 0.519. The zero-order valence-corrected chi connectivity index (χ0v) is 9.72. The molecule has 0 saturated carbocycles. The molecule has 1 fully saturated rings. The summed E-state index contributed by atoms with van der Waals surface area (Å²) in [4.78, 5) is 13.4. The highest BCUT2D eigenvalue weighted by Crippen LogP contribution is 2.15. The van der Waals surface area contributed by atoms with Gasteiger partial charge < -0.3 is 9.64 Å². The first-order chi connectivity index (χ1) is 7.66. The van der Waals surface area contributed by atoms with Gasteiger partial charge in [0.15, 0.2) is 5.75 Å². The number of amides is 1. The Kier molecular flexibility index (Phi) is 3.12. The summed E-state index contributed by atoms with van der Waals surface area (Å²) < 4.78 is 7.00. The molecule has 0 unspecified atom stereocenters. The smallest absolute Gasteiger partial charge is 0.407 e. The summed E-state index contributed by atoms with van der Waals surface area (Å²) in [5.41, 5.74) is 0. The summed E-state index contributed by atoms with van der Waals surface area (Å²) in [6, 6.07) is 0.277. The van der Waals surface area contributed by atoms with Crippen molar-refractivity contribution in [2.45, 2.75) is 32.7 Å². The number of nitrogens with zero attached hydrogens (tertiary/aromatic N) is 3. The molecule has 0 atom stereocenters. The fourth-order valence-corrected chi connectivity index (χ4v) is 1.72. The lowest BCUT2D eigenvalue weighted by molar-refractivity contribution is 0.162. The third-order valence-corrected chi connectivity index (χ3v) is 2.68. The van der Waals surface area contributed by atoms with Gasteiger partial charge in [0.25, 0.3) is 0 Å². The van der Waals surface area contributed by atoms with Crippen LogP contribution in [0.5, 0.6) is 5.75 Å². The second kappa shape index (κ2) is 4.55. The number of aromatic nitrogens is 2. The molecular weight excluding hydrogens is 206 g/mol. The van der Waals surface area contributed by atoms with Crippen LogP contribution in [0, 0.1) is 0 Å². The zero-order chi connectivity index (χ0) is 11.5. The molecule has 1 aliphatic rings. The number of ether oxygens (including phenoxy) is 1. The Hall–Kier alpha value is -1.52. The maximum absolute atomic E-state index is 11.7. The fraction of sp³-hybridized carbons (Fsp3) is 0.636. The second-order valence-electron chi connectivity index (χ2n) is 4.31. The molecule has 2 heterocycles. The molecule has 0 N–H and O–H groups in total. The molecule has 88 valence electrons. The maximum atomic E-state index is 11.7. The van der Waals surface area contributed by atoms with E-state index in [0.29, 0.717) is 5.75 Å². The quantitative estimate of drug-likeness (QED) is 0.771. The molecule has 5 nitrogen and oxygen atoms in total. The molecule has 5 heteroatoms. The van der Waals surface area contributed by atoms with Gasteiger partial charge in [0.1, 0.15) is 0 Å². The van der Waals surface area contributed by atoms with Crippen molar-refractivity contribution in [3.8, 4) is 5.75 Å². The van der Waals surface area contributed by atoms with Crippen LogP contribution < -0.4 is 4.74 Å². The molecule has 1 aromatic rings. The summed E-state index contributed by atoms with van der Waals surface area (Å²) >= 11 is 0. The van der Waals surface area contributed by atoms with Crippen molar-refractivity contribution in [1.82, 2.24) is 14.7 Å². The Balaban J connectivity index is 1.95. The summed E-state index contributed by atoms with van der Waals surface area (Å²) in [6.07, 6.45) is 5.20. The molecule has 1 saturated heterocycles. The van der Waals surface area contributed by atoms with Gasteiger partial charge in [0.05, 0.1) is 12.4 Å². The Morgan fingerprint density at radius 2 is 2.12 bits per heavy atom. The lowest BCUT2D eigenvalue weighted by Crippen LogP contribution is -2.30. The van der Waals surface area contributed by atoms with Crippen LogP contribution in [0.1, 0.15) is 32.7 Å². The predicted molar refractivity (Wildman–Crippen MR) is 59.4 cm³/mol. The van der Waals surface area contributed by atoms with Gasteiger partial charge >= 0.3 is 6.09 Å². The van der Waals surface area contributed by atoms with Crippen molar-refractivity contribution in [3.05, 3.63) is 12.4 Å². The highest BCUT2D eigenvalue weighted by atomic mass is 16.6. The van der Waals surface area contributed by atoms with Gasteiger partial charge in [0.2, 0.25) is 0 Å². The van der Waals surface area contributed by atoms with Crippen LogP contribution in [0.3, 0.4) is 0 Å². The molecule has 0 aromatic carbocycles. The van der Waals surface area contributed by atoms with Crippen molar-refractivity contribution in [3.63, 3.8) is 0 Å². The summed E-state index contributed by atoms with van der Waals surface area (Å²) in [7, 11) is 0. The molecule has 1 aliphatic heterocycles. The lowest BCUT2D eigenvalue weighted by atomic mass is 10.4. The largest absolute Gasteiger partial charge is 0.415 e. The van der Waals surface area contributed by atoms with Crippen LogP contribution in [-0.2, 0) is 0 Å². The van der Waals surface area contributed by atoms with E-state index in [1.54, 1.807) is 22.0 Å². The maximum Gasteiger partial charge on any atom is 0.415 e. The first-order valence-electron chi connectivity index (χ1n) is 5.68. The van der Waals surface area contributed by atoms with Crippen molar-refractivity contribution in [1.29, 1.82) is 0 Å². The van der Waals surface area contributed by atoms with Crippen molar-refractivity contribution >= 4 is 6.09 Å². The van der Waals surface area contributed by atoms with Gasteiger partial charge in [0, 0.05) is 19.1 Å². The van der Waals surface area contributed by atoms with Crippen LogP contribution in [0.2, 0.25) is 0 Å². The van der Waals surface area contributed by atoms with Gasteiger partial charge in [-0.05, 0) is 26.7 Å². The normalized spacial score (nSPS) is 15.8. The van der Waals surface area contributed by atoms with Crippen LogP contribution in [-0.4, -0.2) is 33.9 Å². The second-order valence-corrected chi connectivity index (χ2v) is 4.31. The lowest BCUT2D eigenvalue weighted by Gasteiger charge is -2.13. The monoisotopic (exact) mass is 223 g/mol. The third-order valence-electron chi connectivity index (χ3n) is 2.68. The van der Waals surface area contributed by atoms with E-state index in [2.05, 4.69) is 5.10 Å². The molecule has 1 amide bonds. The summed E-state index contributed by atoms with van der Waals surface area (Å²) in [5, 5.41) is 4.12. The highest BCUT2D eigenvalue weighted by molar-refractivity contribution is 5.70. The molecule has 0 aliphatic carbocycles. The van der Waals surface area contributed by atoms with E-state index in [-0.39, 0.29) is 12.1 Å². The van der Waals surface area contributed by atoms with E-state index < -0.39 is 0 Å². The number of rotatable bonds is 2. The minimum Gasteiger partial charge on any atom is -0.407 e. The molecule has 16 heavy (non-hydrogen) atoms. The molecular formula is C11H17N3O2. The Bertz CT molecular complexity index is 367. The third kappa shape index (κ3) is 2.35. The van der Waals surface area contributed by atoms with E-state index in [9.17, 15) is 4.79 Å². The molecule has 0 radical (unpaired) electrons. The number of carbonyl (C=O) groups is 1. The van der Waals surface area contributed by atoms with Crippen LogP contribution >= 0.6 is 0 Å². The zero-order valence-electron chi connectivity index (χ0n) is 9.72. The summed E-state index contributed by atoms with van der Waals surface area (Å²) in [6.45, 7) is 5.66. The number of likely N-dealkylation sites (tertiary alicyclic amines) is 1. The van der Waals surface area contributed by atoms with Crippen molar-refractivity contribution < 1.29 is 9.53 Å². The number of carbonyl (C=O) groups excluding carboxylic acids is 1. The number of hydrogen-bond acceptors (Lipinski definition) is 3. The fourth-order valence-electron chi connectivity index (χ4n) is 1.72. The SMILES string of the molecule is CC(C)n1cc(OC(=O)N2CCCC2)cn1.